The Bertz CT molecular complexity index is 734. The number of hydrogen-bond donors (Lipinski definition) is 1. The average molecular weight is 315 g/mol. The molecule has 1 aromatic carbocycles. The molecule has 2 rings (SSSR count). The van der Waals surface area contributed by atoms with Crippen molar-refractivity contribution in [2.75, 3.05) is 0 Å². The summed E-state index contributed by atoms with van der Waals surface area (Å²) in [6.07, 6.45) is 1.01. The summed E-state index contributed by atoms with van der Waals surface area (Å²) in [6, 6.07) is 2.64. The highest BCUT2D eigenvalue weighted by Crippen LogP contribution is 2.34. The average Bonchev–Trinajstić information content (AvgIpc) is 2.42. The van der Waals surface area contributed by atoms with Crippen LogP contribution in [-0.4, -0.2) is 22.7 Å². The molecule has 0 atom stereocenters. The number of nitrogens with zero attached hydrogens (tertiary/aromatic N) is 1. The minimum atomic E-state index is -3.24. The Morgan fingerprint density at radius 1 is 1.27 bits per heavy atom. The fourth-order valence-electron chi connectivity index (χ4n) is 1.84. The lowest BCUT2D eigenvalue weighted by Crippen LogP contribution is -2.07. The molecule has 116 valence electrons. The van der Waals surface area contributed by atoms with E-state index < -0.39 is 35.7 Å². The molecule has 0 bridgehead atoms. The van der Waals surface area contributed by atoms with Crippen molar-refractivity contribution in [3.05, 3.63) is 47.3 Å². The minimum Gasteiger partial charge on any atom is -0.478 e. The van der Waals surface area contributed by atoms with Crippen LogP contribution < -0.4 is 4.74 Å². The van der Waals surface area contributed by atoms with E-state index in [1.54, 1.807) is 0 Å². The molecule has 0 saturated carbocycles. The normalized spacial score (nSPS) is 10.8. The Morgan fingerprint density at radius 3 is 2.50 bits per heavy atom. The van der Waals surface area contributed by atoms with E-state index in [1.165, 1.54) is 13.0 Å². The van der Waals surface area contributed by atoms with Crippen LogP contribution in [0.4, 0.5) is 17.6 Å². The lowest BCUT2D eigenvalue weighted by molar-refractivity contribution is -0.0495. The number of pyridine rings is 1. The first-order valence-electron chi connectivity index (χ1n) is 5.93. The van der Waals surface area contributed by atoms with Crippen molar-refractivity contribution in [1.29, 1.82) is 0 Å². The summed E-state index contributed by atoms with van der Waals surface area (Å²) in [6.45, 7) is -1.85. The first-order chi connectivity index (χ1) is 10.3. The topological polar surface area (TPSA) is 59.4 Å². The number of rotatable bonds is 4. The number of aromatic carboxylic acids is 1. The fourth-order valence-corrected chi connectivity index (χ4v) is 1.84. The molecule has 0 amide bonds. The first kappa shape index (κ1) is 15.7. The van der Waals surface area contributed by atoms with E-state index in [-0.39, 0.29) is 16.7 Å². The third-order valence-corrected chi connectivity index (χ3v) is 2.84. The zero-order chi connectivity index (χ0) is 16.4. The largest absolute Gasteiger partial charge is 0.478 e. The van der Waals surface area contributed by atoms with Gasteiger partial charge in [-0.2, -0.15) is 13.2 Å². The molecule has 0 unspecified atom stereocenters. The summed E-state index contributed by atoms with van der Waals surface area (Å²) in [5.41, 5.74) is -0.738. The van der Waals surface area contributed by atoms with E-state index in [9.17, 15) is 22.4 Å². The van der Waals surface area contributed by atoms with Gasteiger partial charge in [-0.05, 0) is 25.1 Å². The van der Waals surface area contributed by atoms with Gasteiger partial charge in [-0.3, -0.25) is 0 Å². The van der Waals surface area contributed by atoms with Gasteiger partial charge < -0.3 is 9.84 Å². The molecule has 2 aromatic rings. The molecule has 0 spiro atoms. The zero-order valence-corrected chi connectivity index (χ0v) is 11.1. The quantitative estimate of drug-likeness (QED) is 0.691. The van der Waals surface area contributed by atoms with E-state index in [0.29, 0.717) is 6.07 Å². The lowest BCUT2D eigenvalue weighted by Gasteiger charge is -2.13. The van der Waals surface area contributed by atoms with Crippen molar-refractivity contribution in [1.82, 2.24) is 4.98 Å². The van der Waals surface area contributed by atoms with Gasteiger partial charge >= 0.3 is 12.6 Å². The highest BCUT2D eigenvalue weighted by Gasteiger charge is 2.20. The molecule has 22 heavy (non-hydrogen) atoms. The summed E-state index contributed by atoms with van der Waals surface area (Å²) >= 11 is 0. The van der Waals surface area contributed by atoms with Crippen LogP contribution in [-0.2, 0) is 0 Å². The Hall–Kier alpha value is -2.64. The predicted molar refractivity (Wildman–Crippen MR) is 67.9 cm³/mol. The number of ether oxygens (including phenoxy) is 1. The maximum atomic E-state index is 13.8. The van der Waals surface area contributed by atoms with E-state index in [4.69, 9.17) is 5.11 Å². The number of aromatic nitrogens is 1. The smallest absolute Gasteiger partial charge is 0.387 e. The van der Waals surface area contributed by atoms with E-state index in [2.05, 4.69) is 9.72 Å². The summed E-state index contributed by atoms with van der Waals surface area (Å²) in [5, 5.41) is 8.82. The second kappa shape index (κ2) is 6.00. The maximum absolute atomic E-state index is 13.8. The number of carbonyl (C=O) groups is 1. The Kier molecular flexibility index (Phi) is 4.30. The van der Waals surface area contributed by atoms with Gasteiger partial charge in [0.25, 0.3) is 0 Å². The summed E-state index contributed by atoms with van der Waals surface area (Å²) in [4.78, 5) is 14.3. The van der Waals surface area contributed by atoms with Crippen molar-refractivity contribution < 1.29 is 32.2 Å². The molecular formula is C14H9F4NO3. The summed E-state index contributed by atoms with van der Waals surface area (Å²) < 4.78 is 56.1. The Balaban J connectivity index is 2.64. The number of alkyl halides is 2. The van der Waals surface area contributed by atoms with Gasteiger partial charge in [0.15, 0.2) is 0 Å². The molecule has 1 heterocycles. The molecule has 0 fully saturated rings. The number of aryl methyl sites for hydroxylation is 1. The summed E-state index contributed by atoms with van der Waals surface area (Å²) in [7, 11) is 0. The highest BCUT2D eigenvalue weighted by atomic mass is 19.3. The third kappa shape index (κ3) is 3.16. The van der Waals surface area contributed by atoms with Gasteiger partial charge in [-0.1, -0.05) is 0 Å². The maximum Gasteiger partial charge on any atom is 0.387 e. The predicted octanol–water partition coefficient (Wildman–Crippen LogP) is 3.63. The van der Waals surface area contributed by atoms with Gasteiger partial charge in [0, 0.05) is 22.9 Å². The van der Waals surface area contributed by atoms with Gasteiger partial charge in [-0.25, -0.2) is 14.2 Å². The molecule has 0 saturated heterocycles. The minimum absolute atomic E-state index is 0.114. The van der Waals surface area contributed by atoms with Gasteiger partial charge in [-0.15, -0.1) is 0 Å². The number of carboxylic acid groups (broad SMARTS) is 1. The van der Waals surface area contributed by atoms with Crippen LogP contribution in [0, 0.1) is 18.7 Å². The number of carboxylic acids is 1. The van der Waals surface area contributed by atoms with Gasteiger partial charge in [0.2, 0.25) is 5.95 Å². The van der Waals surface area contributed by atoms with Crippen molar-refractivity contribution in [2.24, 2.45) is 0 Å². The van der Waals surface area contributed by atoms with Crippen LogP contribution in [0.15, 0.2) is 24.4 Å². The second-order valence-electron chi connectivity index (χ2n) is 4.34. The van der Waals surface area contributed by atoms with Crippen LogP contribution in [0.25, 0.3) is 11.1 Å². The van der Waals surface area contributed by atoms with Crippen LogP contribution >= 0.6 is 0 Å². The fraction of sp³-hybridized carbons (Fsp3) is 0.143. The van der Waals surface area contributed by atoms with Crippen molar-refractivity contribution in [3.63, 3.8) is 0 Å². The molecule has 1 aromatic heterocycles. The lowest BCUT2D eigenvalue weighted by atomic mass is 10.0. The molecule has 0 aliphatic rings. The molecule has 1 N–H and O–H groups in total. The molecule has 0 aliphatic carbocycles. The summed E-state index contributed by atoms with van der Waals surface area (Å²) in [5.74, 6) is -4.06. The van der Waals surface area contributed by atoms with Crippen molar-refractivity contribution in [2.45, 2.75) is 13.5 Å². The Labute approximate surface area is 122 Å². The first-order valence-corrected chi connectivity index (χ1v) is 5.93. The molecular weight excluding hydrogens is 306 g/mol. The van der Waals surface area contributed by atoms with Crippen LogP contribution in [0.1, 0.15) is 15.9 Å². The van der Waals surface area contributed by atoms with Crippen LogP contribution in [0.2, 0.25) is 0 Å². The Morgan fingerprint density at radius 2 is 1.95 bits per heavy atom. The van der Waals surface area contributed by atoms with Gasteiger partial charge in [0.1, 0.15) is 11.6 Å². The van der Waals surface area contributed by atoms with Crippen molar-refractivity contribution >= 4 is 5.97 Å². The van der Waals surface area contributed by atoms with Crippen LogP contribution in [0.3, 0.4) is 0 Å². The SMILES string of the molecule is Cc1cc(-c2cc(F)c(C(=O)O)cc2OC(F)F)cnc1F. The standard InChI is InChI=1S/C14H9F4NO3/c1-6-2-7(5-19-12(6)16)8-3-10(15)9(13(20)21)4-11(8)22-14(17)18/h2-5,14H,1H3,(H,20,21). The van der Waals surface area contributed by atoms with Gasteiger partial charge in [0.05, 0.1) is 5.56 Å². The highest BCUT2D eigenvalue weighted by molar-refractivity contribution is 5.90. The number of benzene rings is 1. The molecule has 0 aliphatic heterocycles. The monoisotopic (exact) mass is 315 g/mol. The molecule has 8 heteroatoms. The van der Waals surface area contributed by atoms with E-state index in [0.717, 1.165) is 12.3 Å². The van der Waals surface area contributed by atoms with Crippen molar-refractivity contribution in [3.8, 4) is 16.9 Å². The third-order valence-electron chi connectivity index (χ3n) is 2.84. The number of halogens is 4. The van der Waals surface area contributed by atoms with E-state index >= 15 is 0 Å². The molecule has 4 nitrogen and oxygen atoms in total. The zero-order valence-electron chi connectivity index (χ0n) is 11.1. The van der Waals surface area contributed by atoms with Crippen LogP contribution in [0.5, 0.6) is 5.75 Å². The van der Waals surface area contributed by atoms with E-state index in [1.807, 2.05) is 0 Å². The number of hydrogen-bond acceptors (Lipinski definition) is 3. The molecule has 0 radical (unpaired) electrons. The second-order valence-corrected chi connectivity index (χ2v) is 4.34.